The minimum Gasteiger partial charge on any atom is -0.360 e. The van der Waals surface area contributed by atoms with Gasteiger partial charge in [-0.2, -0.15) is 5.26 Å². The molecule has 0 aliphatic carbocycles. The summed E-state index contributed by atoms with van der Waals surface area (Å²) in [6.07, 6.45) is 1.82. The summed E-state index contributed by atoms with van der Waals surface area (Å²) in [7, 11) is 0. The summed E-state index contributed by atoms with van der Waals surface area (Å²) < 4.78 is 27.6. The number of H-pyrrole nitrogens is 1. The van der Waals surface area contributed by atoms with Gasteiger partial charge in [0.2, 0.25) is 0 Å². The molecule has 3 aromatic carbocycles. The summed E-state index contributed by atoms with van der Waals surface area (Å²) in [4.78, 5) is 8.04. The molecule has 0 aliphatic heterocycles. The van der Waals surface area contributed by atoms with E-state index in [1.54, 1.807) is 6.07 Å². The molecular weight excluding hydrogens is 392 g/mol. The number of pyridine rings is 1. The molecule has 0 atom stereocenters. The van der Waals surface area contributed by atoms with Crippen molar-refractivity contribution in [3.05, 3.63) is 102 Å². The standard InChI is InChI=1S/C26H15F2N3/c27-22-11-10-17(12-23(22)28)19-13-25(16-6-2-1-3-7-16)31-26(20(19)14-29)21-15-30-24-9-5-4-8-18(21)24/h1-13,15,30H. The van der Waals surface area contributed by atoms with Crippen molar-refractivity contribution in [2.75, 3.05) is 0 Å². The largest absolute Gasteiger partial charge is 0.360 e. The van der Waals surface area contributed by atoms with Gasteiger partial charge in [0.15, 0.2) is 11.6 Å². The Hall–Kier alpha value is -4.30. The number of rotatable bonds is 3. The van der Waals surface area contributed by atoms with Crippen LogP contribution in [-0.4, -0.2) is 9.97 Å². The zero-order valence-electron chi connectivity index (χ0n) is 16.2. The summed E-state index contributed by atoms with van der Waals surface area (Å²) in [5.74, 6) is -1.90. The summed E-state index contributed by atoms with van der Waals surface area (Å²) in [5, 5.41) is 11.0. The molecule has 0 fully saturated rings. The molecule has 0 radical (unpaired) electrons. The molecule has 148 valence electrons. The Morgan fingerprint density at radius 1 is 0.774 bits per heavy atom. The number of hydrogen-bond donors (Lipinski definition) is 1. The first-order valence-electron chi connectivity index (χ1n) is 9.68. The van der Waals surface area contributed by atoms with Gasteiger partial charge in [-0.3, -0.25) is 0 Å². The molecular formula is C26H15F2N3. The lowest BCUT2D eigenvalue weighted by atomic mass is 9.94. The first-order valence-corrected chi connectivity index (χ1v) is 9.68. The SMILES string of the molecule is N#Cc1c(-c2ccc(F)c(F)c2)cc(-c2ccccc2)nc1-c1c[nH]c2ccccc12. The normalized spacial score (nSPS) is 10.9. The van der Waals surface area contributed by atoms with E-state index in [1.165, 1.54) is 6.07 Å². The van der Waals surface area contributed by atoms with Gasteiger partial charge in [0.05, 0.1) is 17.0 Å². The van der Waals surface area contributed by atoms with Gasteiger partial charge in [0, 0.05) is 33.8 Å². The number of fused-ring (bicyclic) bond motifs is 1. The van der Waals surface area contributed by atoms with E-state index in [0.717, 1.165) is 34.2 Å². The molecule has 0 saturated carbocycles. The molecule has 2 heterocycles. The van der Waals surface area contributed by atoms with Crippen LogP contribution in [0, 0.1) is 23.0 Å². The number of benzene rings is 3. The fourth-order valence-electron chi connectivity index (χ4n) is 3.77. The Labute approximate surface area is 177 Å². The van der Waals surface area contributed by atoms with Crippen molar-refractivity contribution in [1.82, 2.24) is 9.97 Å². The third-order valence-corrected chi connectivity index (χ3v) is 5.28. The molecule has 5 aromatic rings. The van der Waals surface area contributed by atoms with Crippen LogP contribution in [-0.2, 0) is 0 Å². The van der Waals surface area contributed by atoms with E-state index in [-0.39, 0.29) is 0 Å². The van der Waals surface area contributed by atoms with Gasteiger partial charge >= 0.3 is 0 Å². The number of hydrogen-bond acceptors (Lipinski definition) is 2. The minimum absolute atomic E-state index is 0.301. The van der Waals surface area contributed by atoms with Crippen LogP contribution >= 0.6 is 0 Å². The molecule has 3 nitrogen and oxygen atoms in total. The monoisotopic (exact) mass is 407 g/mol. The number of nitrogens with one attached hydrogen (secondary N) is 1. The lowest BCUT2D eigenvalue weighted by molar-refractivity contribution is 0.509. The van der Waals surface area contributed by atoms with Crippen LogP contribution in [0.1, 0.15) is 5.56 Å². The molecule has 0 amide bonds. The highest BCUT2D eigenvalue weighted by molar-refractivity contribution is 5.97. The summed E-state index contributed by atoms with van der Waals surface area (Å²) in [6, 6.07) is 24.9. The number of aromatic nitrogens is 2. The third-order valence-electron chi connectivity index (χ3n) is 5.28. The highest BCUT2D eigenvalue weighted by atomic mass is 19.2. The zero-order chi connectivity index (χ0) is 21.4. The van der Waals surface area contributed by atoms with E-state index in [2.05, 4.69) is 11.1 Å². The van der Waals surface area contributed by atoms with Gasteiger partial charge in [-0.15, -0.1) is 0 Å². The van der Waals surface area contributed by atoms with Gasteiger partial charge < -0.3 is 4.98 Å². The van der Waals surface area contributed by atoms with Crippen LogP contribution < -0.4 is 0 Å². The molecule has 5 heteroatoms. The summed E-state index contributed by atoms with van der Waals surface area (Å²) in [6.45, 7) is 0. The molecule has 0 aliphatic rings. The fraction of sp³-hybridized carbons (Fsp3) is 0. The van der Waals surface area contributed by atoms with Crippen molar-refractivity contribution in [3.8, 4) is 39.7 Å². The molecule has 0 saturated heterocycles. The Morgan fingerprint density at radius 2 is 1.55 bits per heavy atom. The second-order valence-electron chi connectivity index (χ2n) is 7.13. The number of para-hydroxylation sites is 1. The average Bonchev–Trinajstić information content (AvgIpc) is 3.24. The minimum atomic E-state index is -0.965. The number of halogens is 2. The molecule has 0 spiro atoms. The van der Waals surface area contributed by atoms with E-state index < -0.39 is 11.6 Å². The Bertz CT molecular complexity index is 1460. The van der Waals surface area contributed by atoms with Gasteiger partial charge in [-0.05, 0) is 29.8 Å². The first-order chi connectivity index (χ1) is 15.2. The zero-order valence-corrected chi connectivity index (χ0v) is 16.2. The van der Waals surface area contributed by atoms with Crippen LogP contribution in [0.5, 0.6) is 0 Å². The van der Waals surface area contributed by atoms with Crippen molar-refractivity contribution in [1.29, 1.82) is 5.26 Å². The second kappa shape index (κ2) is 7.51. The van der Waals surface area contributed by atoms with Crippen molar-refractivity contribution < 1.29 is 8.78 Å². The predicted octanol–water partition coefficient (Wildman–Crippen LogP) is 6.71. The predicted molar refractivity (Wildman–Crippen MR) is 117 cm³/mol. The maximum absolute atomic E-state index is 14.0. The molecule has 0 bridgehead atoms. The van der Waals surface area contributed by atoms with Gasteiger partial charge in [0.25, 0.3) is 0 Å². The van der Waals surface area contributed by atoms with Gasteiger partial charge in [-0.25, -0.2) is 13.8 Å². The van der Waals surface area contributed by atoms with Crippen LogP contribution in [0.3, 0.4) is 0 Å². The van der Waals surface area contributed by atoms with E-state index in [0.29, 0.717) is 28.1 Å². The van der Waals surface area contributed by atoms with Crippen molar-refractivity contribution in [2.45, 2.75) is 0 Å². The lowest BCUT2D eigenvalue weighted by Crippen LogP contribution is -1.97. The van der Waals surface area contributed by atoms with E-state index in [9.17, 15) is 14.0 Å². The van der Waals surface area contributed by atoms with Gasteiger partial charge in [-0.1, -0.05) is 54.6 Å². The first kappa shape index (κ1) is 18.7. The van der Waals surface area contributed by atoms with Crippen LogP contribution in [0.15, 0.2) is 85.1 Å². The van der Waals surface area contributed by atoms with E-state index in [4.69, 9.17) is 4.98 Å². The van der Waals surface area contributed by atoms with Crippen LogP contribution in [0.2, 0.25) is 0 Å². The fourth-order valence-corrected chi connectivity index (χ4v) is 3.77. The smallest absolute Gasteiger partial charge is 0.159 e. The topological polar surface area (TPSA) is 52.5 Å². The summed E-state index contributed by atoms with van der Waals surface area (Å²) in [5.41, 5.74) is 4.89. The third kappa shape index (κ3) is 3.24. The second-order valence-corrected chi connectivity index (χ2v) is 7.13. The number of nitrogens with zero attached hydrogens (tertiary/aromatic N) is 2. The van der Waals surface area contributed by atoms with E-state index in [1.807, 2.05) is 60.8 Å². The molecule has 5 rings (SSSR count). The highest BCUT2D eigenvalue weighted by Gasteiger charge is 2.19. The molecule has 2 aromatic heterocycles. The Morgan fingerprint density at radius 3 is 2.32 bits per heavy atom. The quantitative estimate of drug-likeness (QED) is 0.361. The molecule has 1 N–H and O–H groups in total. The van der Waals surface area contributed by atoms with Crippen LogP contribution in [0.25, 0.3) is 44.5 Å². The molecule has 0 unspecified atom stereocenters. The van der Waals surface area contributed by atoms with Crippen molar-refractivity contribution in [2.24, 2.45) is 0 Å². The maximum atomic E-state index is 14.0. The van der Waals surface area contributed by atoms with Crippen LogP contribution in [0.4, 0.5) is 8.78 Å². The van der Waals surface area contributed by atoms with Crippen molar-refractivity contribution >= 4 is 10.9 Å². The highest BCUT2D eigenvalue weighted by Crippen LogP contribution is 2.37. The van der Waals surface area contributed by atoms with Crippen molar-refractivity contribution in [3.63, 3.8) is 0 Å². The summed E-state index contributed by atoms with van der Waals surface area (Å²) >= 11 is 0. The number of nitriles is 1. The maximum Gasteiger partial charge on any atom is 0.159 e. The lowest BCUT2D eigenvalue weighted by Gasteiger charge is -2.13. The number of aromatic amines is 1. The average molecular weight is 407 g/mol. The van der Waals surface area contributed by atoms with Gasteiger partial charge in [0.1, 0.15) is 6.07 Å². The van der Waals surface area contributed by atoms with E-state index >= 15 is 0 Å². The molecule has 31 heavy (non-hydrogen) atoms. The Kier molecular flexibility index (Phi) is 4.53. The Balaban J connectivity index is 1.85.